The first-order valence-electron chi connectivity index (χ1n) is 9.99. The molecule has 1 unspecified atom stereocenters. The minimum atomic E-state index is -0.641. The second-order valence-electron chi connectivity index (χ2n) is 8.04. The van der Waals surface area contributed by atoms with Crippen LogP contribution in [-0.2, 0) is 4.74 Å². The van der Waals surface area contributed by atoms with Crippen molar-refractivity contribution in [2.24, 2.45) is 5.41 Å². The first-order chi connectivity index (χ1) is 15.0. The first kappa shape index (κ1) is 19.9. The molecule has 0 saturated carbocycles. The quantitative estimate of drug-likeness (QED) is 0.621. The molecule has 4 heterocycles. The van der Waals surface area contributed by atoms with Crippen LogP contribution in [0.3, 0.4) is 0 Å². The Morgan fingerprint density at radius 2 is 2.06 bits per heavy atom. The summed E-state index contributed by atoms with van der Waals surface area (Å²) in [6.07, 6.45) is 3.77. The van der Waals surface area contributed by atoms with Gasteiger partial charge in [0, 0.05) is 38.4 Å². The summed E-state index contributed by atoms with van der Waals surface area (Å²) >= 11 is 1.01. The molecule has 3 aromatic rings. The van der Waals surface area contributed by atoms with Crippen molar-refractivity contribution in [3.8, 4) is 0 Å². The lowest BCUT2D eigenvalue weighted by atomic mass is 9.78. The number of aromatic nitrogens is 5. The summed E-state index contributed by atoms with van der Waals surface area (Å²) in [4.78, 5) is 27.9. The van der Waals surface area contributed by atoms with E-state index >= 15 is 0 Å². The third-order valence-corrected chi connectivity index (χ3v) is 6.81. The van der Waals surface area contributed by atoms with Crippen LogP contribution in [0.2, 0.25) is 0 Å². The van der Waals surface area contributed by atoms with Crippen LogP contribution in [0, 0.1) is 11.2 Å². The van der Waals surface area contributed by atoms with E-state index in [-0.39, 0.29) is 29.5 Å². The zero-order valence-electron chi connectivity index (χ0n) is 16.5. The van der Waals surface area contributed by atoms with E-state index in [0.29, 0.717) is 35.7 Å². The minimum Gasteiger partial charge on any atom is -0.381 e. The van der Waals surface area contributed by atoms with Gasteiger partial charge in [0.2, 0.25) is 0 Å². The molecule has 31 heavy (non-hydrogen) atoms. The maximum atomic E-state index is 14.7. The van der Waals surface area contributed by atoms with Crippen LogP contribution in [-0.4, -0.2) is 74.1 Å². The summed E-state index contributed by atoms with van der Waals surface area (Å²) in [7, 11) is 0. The molecule has 2 saturated heterocycles. The summed E-state index contributed by atoms with van der Waals surface area (Å²) in [6, 6.07) is 2.37. The average Bonchev–Trinajstić information content (AvgIpc) is 3.52. The van der Waals surface area contributed by atoms with Gasteiger partial charge in [-0.1, -0.05) is 4.49 Å². The van der Waals surface area contributed by atoms with Crippen LogP contribution < -0.4 is 5.32 Å². The number of halogens is 1. The Morgan fingerprint density at radius 3 is 2.81 bits per heavy atom. The summed E-state index contributed by atoms with van der Waals surface area (Å²) in [5, 5.41) is 16.8. The number of carbonyl (C=O) groups is 2. The maximum Gasteiger partial charge on any atom is 0.264 e. The van der Waals surface area contributed by atoms with Crippen molar-refractivity contribution in [3.05, 3.63) is 34.6 Å². The highest BCUT2D eigenvalue weighted by molar-refractivity contribution is 7.07. The number of amides is 2. The van der Waals surface area contributed by atoms with Gasteiger partial charge < -0.3 is 15.0 Å². The first-order valence-corrected chi connectivity index (χ1v) is 10.8. The van der Waals surface area contributed by atoms with Gasteiger partial charge in [0.25, 0.3) is 11.8 Å². The third kappa shape index (κ3) is 3.76. The second-order valence-corrected chi connectivity index (χ2v) is 8.83. The van der Waals surface area contributed by atoms with Crippen LogP contribution in [0.25, 0.3) is 11.0 Å². The van der Waals surface area contributed by atoms with E-state index in [0.717, 1.165) is 30.8 Å². The van der Waals surface area contributed by atoms with E-state index in [4.69, 9.17) is 4.74 Å². The number of hydrogen-bond donors (Lipinski definition) is 2. The number of fused-ring (bicyclic) bond motifs is 1. The Bertz CT molecular complexity index is 1110. The lowest BCUT2D eigenvalue weighted by Crippen LogP contribution is -2.43. The van der Waals surface area contributed by atoms with E-state index in [1.54, 1.807) is 4.90 Å². The third-order valence-electron chi connectivity index (χ3n) is 6.15. The summed E-state index contributed by atoms with van der Waals surface area (Å²) in [5.74, 6) is -1.34. The number of nitrogens with zero attached hydrogens (tertiary/aromatic N) is 5. The predicted octanol–water partition coefficient (Wildman–Crippen LogP) is 1.39. The van der Waals surface area contributed by atoms with Gasteiger partial charge in [-0.2, -0.15) is 15.4 Å². The molecule has 5 rings (SSSR count). The van der Waals surface area contributed by atoms with Gasteiger partial charge >= 0.3 is 0 Å². The predicted molar refractivity (Wildman–Crippen MR) is 108 cm³/mol. The molecule has 2 fully saturated rings. The van der Waals surface area contributed by atoms with Crippen LogP contribution in [0.1, 0.15) is 39.3 Å². The topological polar surface area (TPSA) is 126 Å². The molecule has 1 spiro atoms. The molecule has 2 amide bonds. The Kier molecular flexibility index (Phi) is 5.10. The molecular formula is C19H20FN7O3S. The van der Waals surface area contributed by atoms with Gasteiger partial charge in [-0.15, -0.1) is 5.10 Å². The van der Waals surface area contributed by atoms with E-state index in [1.807, 2.05) is 0 Å². The van der Waals surface area contributed by atoms with Crippen molar-refractivity contribution in [2.45, 2.75) is 25.3 Å². The molecule has 12 heteroatoms. The Balaban J connectivity index is 1.40. The monoisotopic (exact) mass is 445 g/mol. The number of benzene rings is 1. The molecule has 1 atom stereocenters. The maximum absolute atomic E-state index is 14.7. The molecule has 2 aliphatic heterocycles. The standard InChI is InChI=1S/C19H20FN7O3S/c20-13-6-15-14(23-25-24-15)5-12(13)18(29)27-10-19(1-3-30-4-2-19)7-11(27)8-21-17(28)16-9-22-26-31-16/h5-6,9,11H,1-4,7-8,10H2,(H,21,28)(H,23,24,25). The molecule has 0 bridgehead atoms. The average molecular weight is 445 g/mol. The molecule has 0 aliphatic carbocycles. The number of ether oxygens (including phenoxy) is 1. The molecule has 2 N–H and O–H groups in total. The minimum absolute atomic E-state index is 0.0477. The van der Waals surface area contributed by atoms with Gasteiger partial charge in [-0.25, -0.2) is 4.39 Å². The van der Waals surface area contributed by atoms with Crippen molar-refractivity contribution >= 4 is 34.4 Å². The smallest absolute Gasteiger partial charge is 0.264 e. The zero-order valence-corrected chi connectivity index (χ0v) is 17.3. The summed E-state index contributed by atoms with van der Waals surface area (Å²) in [5.41, 5.74) is 0.642. The highest BCUT2D eigenvalue weighted by Gasteiger charge is 2.47. The molecule has 10 nitrogen and oxygen atoms in total. The zero-order chi connectivity index (χ0) is 21.4. The van der Waals surface area contributed by atoms with Gasteiger partial charge in [0.05, 0.1) is 11.8 Å². The molecule has 162 valence electrons. The molecular weight excluding hydrogens is 425 g/mol. The van der Waals surface area contributed by atoms with Gasteiger partial charge in [-0.05, 0) is 42.3 Å². The SMILES string of the molecule is O=C(NCC1CC2(CCOCC2)CN1C(=O)c1cc2n[nH]nc2cc1F)c1cnns1. The molecule has 2 aliphatic rings. The Labute approximate surface area is 180 Å². The molecule has 1 aromatic carbocycles. The van der Waals surface area contributed by atoms with E-state index in [9.17, 15) is 14.0 Å². The highest BCUT2D eigenvalue weighted by atomic mass is 32.1. The van der Waals surface area contributed by atoms with Crippen molar-refractivity contribution in [3.63, 3.8) is 0 Å². The van der Waals surface area contributed by atoms with Crippen LogP contribution in [0.15, 0.2) is 18.3 Å². The van der Waals surface area contributed by atoms with Crippen molar-refractivity contribution < 1.29 is 18.7 Å². The number of likely N-dealkylation sites (tertiary alicyclic amines) is 1. The molecule has 2 aromatic heterocycles. The number of carbonyl (C=O) groups excluding carboxylic acids is 2. The largest absolute Gasteiger partial charge is 0.381 e. The van der Waals surface area contributed by atoms with Crippen molar-refractivity contribution in [2.75, 3.05) is 26.3 Å². The van der Waals surface area contributed by atoms with E-state index < -0.39 is 11.7 Å². The number of hydrogen-bond acceptors (Lipinski definition) is 8. The normalized spacial score (nSPS) is 20.4. The molecule has 0 radical (unpaired) electrons. The van der Waals surface area contributed by atoms with Crippen LogP contribution in [0.4, 0.5) is 4.39 Å². The Hall–Kier alpha value is -2.99. The fourth-order valence-electron chi connectivity index (χ4n) is 4.50. The van der Waals surface area contributed by atoms with Crippen molar-refractivity contribution in [1.82, 2.24) is 35.2 Å². The number of aromatic amines is 1. The number of nitrogens with one attached hydrogen (secondary N) is 2. The van der Waals surface area contributed by atoms with Crippen LogP contribution in [0.5, 0.6) is 0 Å². The number of rotatable bonds is 4. The fraction of sp³-hybridized carbons (Fsp3) is 0.474. The van der Waals surface area contributed by atoms with Gasteiger partial charge in [0.1, 0.15) is 21.7 Å². The highest BCUT2D eigenvalue weighted by Crippen LogP contribution is 2.43. The second kappa shape index (κ2) is 7.93. The lowest BCUT2D eigenvalue weighted by Gasteiger charge is -2.33. The van der Waals surface area contributed by atoms with Crippen LogP contribution >= 0.6 is 11.5 Å². The van der Waals surface area contributed by atoms with E-state index in [2.05, 4.69) is 30.3 Å². The number of H-pyrrole nitrogens is 1. The fourth-order valence-corrected chi connectivity index (χ4v) is 4.93. The summed E-state index contributed by atoms with van der Waals surface area (Å²) in [6.45, 7) is 2.02. The van der Waals surface area contributed by atoms with Crippen molar-refractivity contribution in [1.29, 1.82) is 0 Å². The van der Waals surface area contributed by atoms with E-state index in [1.165, 1.54) is 18.3 Å². The Morgan fingerprint density at radius 1 is 1.29 bits per heavy atom. The van der Waals surface area contributed by atoms with Gasteiger partial charge in [-0.3, -0.25) is 9.59 Å². The lowest BCUT2D eigenvalue weighted by molar-refractivity contribution is 0.0189. The van der Waals surface area contributed by atoms with Gasteiger partial charge in [0.15, 0.2) is 0 Å². The summed E-state index contributed by atoms with van der Waals surface area (Å²) < 4.78 is 23.9.